The smallest absolute Gasteiger partial charge is 0.387 e. The molecule has 0 amide bonds. The van der Waals surface area contributed by atoms with Crippen molar-refractivity contribution in [2.24, 2.45) is 11.8 Å². The summed E-state index contributed by atoms with van der Waals surface area (Å²) in [5.74, 6) is -0.0447. The normalized spacial score (nSPS) is 23.8. The van der Waals surface area contributed by atoms with Crippen LogP contribution in [-0.2, 0) is 6.42 Å². The lowest BCUT2D eigenvalue weighted by atomic mass is 9.65. The second-order valence-corrected chi connectivity index (χ2v) is 7.73. The maximum absolute atomic E-state index is 15.3. The number of benzene rings is 2. The van der Waals surface area contributed by atoms with Crippen molar-refractivity contribution in [3.05, 3.63) is 65.7 Å². The third-order valence-electron chi connectivity index (χ3n) is 6.24. The molecule has 0 aromatic heterocycles. The molecule has 0 saturated heterocycles. The number of halogens is 4. The highest BCUT2D eigenvalue weighted by Crippen LogP contribution is 2.49. The van der Waals surface area contributed by atoms with E-state index < -0.39 is 18.2 Å². The lowest BCUT2D eigenvalue weighted by Gasteiger charge is -2.40. The van der Waals surface area contributed by atoms with Crippen LogP contribution in [0.4, 0.5) is 17.6 Å². The van der Waals surface area contributed by atoms with Gasteiger partial charge in [0.2, 0.25) is 0 Å². The quantitative estimate of drug-likeness (QED) is 0.409. The number of hydrogen-bond donors (Lipinski definition) is 0. The monoisotopic (exact) mass is 390 g/mol. The molecule has 2 aliphatic carbocycles. The summed E-state index contributed by atoms with van der Waals surface area (Å²) in [5.41, 5.74) is 1.62. The number of rotatable bonds is 4. The zero-order valence-corrected chi connectivity index (χ0v) is 15.4. The maximum Gasteiger partial charge on any atom is 0.387 e. The van der Waals surface area contributed by atoms with Crippen molar-refractivity contribution >= 4 is 0 Å². The summed E-state index contributed by atoms with van der Waals surface area (Å²) >= 11 is 0. The molecule has 0 aliphatic heterocycles. The second kappa shape index (κ2) is 7.61. The summed E-state index contributed by atoms with van der Waals surface area (Å²) in [6.07, 6.45) is 6.44. The summed E-state index contributed by atoms with van der Waals surface area (Å²) in [7, 11) is 0. The van der Waals surface area contributed by atoms with Gasteiger partial charge in [0.15, 0.2) is 0 Å². The molecule has 4 rings (SSSR count). The number of alkyl halides is 2. The average molecular weight is 390 g/mol. The van der Waals surface area contributed by atoms with Gasteiger partial charge in [-0.2, -0.15) is 8.78 Å². The Morgan fingerprint density at radius 3 is 2.50 bits per heavy atom. The van der Waals surface area contributed by atoms with E-state index >= 15 is 4.39 Å². The molecule has 1 fully saturated rings. The van der Waals surface area contributed by atoms with Gasteiger partial charge in [-0.1, -0.05) is 18.2 Å². The molecule has 2 aromatic rings. The Balaban J connectivity index is 1.68. The first-order valence-electron chi connectivity index (χ1n) is 9.66. The number of hydrogen-bond acceptors (Lipinski definition) is 1. The minimum atomic E-state index is -2.94. The van der Waals surface area contributed by atoms with Crippen LogP contribution in [0.15, 0.2) is 43.0 Å². The van der Waals surface area contributed by atoms with E-state index in [4.69, 9.17) is 0 Å². The van der Waals surface area contributed by atoms with E-state index in [1.165, 1.54) is 30.3 Å². The van der Waals surface area contributed by atoms with Gasteiger partial charge in [-0.3, -0.25) is 0 Å². The lowest BCUT2D eigenvalue weighted by molar-refractivity contribution is -0.0498. The van der Waals surface area contributed by atoms with Gasteiger partial charge in [0.25, 0.3) is 0 Å². The van der Waals surface area contributed by atoms with Crippen LogP contribution in [0.3, 0.4) is 0 Å². The third kappa shape index (κ3) is 3.43. The highest BCUT2D eigenvalue weighted by Gasteiger charge is 2.36. The van der Waals surface area contributed by atoms with Crippen LogP contribution in [0, 0.1) is 23.5 Å². The van der Waals surface area contributed by atoms with Crippen LogP contribution in [0.25, 0.3) is 11.1 Å². The van der Waals surface area contributed by atoms with E-state index in [1.807, 2.05) is 6.08 Å². The van der Waals surface area contributed by atoms with Crippen LogP contribution in [-0.4, -0.2) is 6.61 Å². The summed E-state index contributed by atoms with van der Waals surface area (Å²) in [6.45, 7) is 0.953. The van der Waals surface area contributed by atoms with Crippen molar-refractivity contribution in [1.82, 2.24) is 0 Å². The Kier molecular flexibility index (Phi) is 5.17. The summed E-state index contributed by atoms with van der Waals surface area (Å²) < 4.78 is 59.1. The molecule has 148 valence electrons. The van der Waals surface area contributed by atoms with E-state index in [-0.39, 0.29) is 17.2 Å². The van der Waals surface area contributed by atoms with Gasteiger partial charge in [0, 0.05) is 0 Å². The number of fused-ring (bicyclic) bond motifs is 3. The minimum absolute atomic E-state index is 0.0423. The average Bonchev–Trinajstić information content (AvgIpc) is 2.68. The van der Waals surface area contributed by atoms with Crippen LogP contribution >= 0.6 is 0 Å². The number of allylic oxidation sites excluding steroid dienone is 1. The van der Waals surface area contributed by atoms with E-state index in [9.17, 15) is 13.2 Å². The molecule has 1 saturated carbocycles. The summed E-state index contributed by atoms with van der Waals surface area (Å²) in [4.78, 5) is 0. The zero-order valence-electron chi connectivity index (χ0n) is 15.4. The molecular weight excluding hydrogens is 368 g/mol. The van der Waals surface area contributed by atoms with E-state index in [2.05, 4.69) is 11.3 Å². The van der Waals surface area contributed by atoms with Crippen molar-refractivity contribution in [1.29, 1.82) is 0 Å². The van der Waals surface area contributed by atoms with Gasteiger partial charge in [-0.25, -0.2) is 8.78 Å². The molecule has 3 atom stereocenters. The van der Waals surface area contributed by atoms with Crippen LogP contribution in [0.5, 0.6) is 5.75 Å². The lowest BCUT2D eigenvalue weighted by Crippen LogP contribution is -2.28. The molecular formula is C23H22F4O. The fourth-order valence-corrected chi connectivity index (χ4v) is 4.90. The Hall–Kier alpha value is -2.30. The fraction of sp³-hybridized carbons (Fsp3) is 0.391. The van der Waals surface area contributed by atoms with Crippen molar-refractivity contribution in [2.45, 2.75) is 44.6 Å². The van der Waals surface area contributed by atoms with Gasteiger partial charge in [-0.15, -0.1) is 6.58 Å². The highest BCUT2D eigenvalue weighted by atomic mass is 19.3. The van der Waals surface area contributed by atoms with Gasteiger partial charge in [-0.05, 0) is 84.7 Å². The van der Waals surface area contributed by atoms with Crippen LogP contribution in [0.2, 0.25) is 0 Å². The topological polar surface area (TPSA) is 9.23 Å². The van der Waals surface area contributed by atoms with E-state index in [1.54, 1.807) is 0 Å². The second-order valence-electron chi connectivity index (χ2n) is 7.73. The molecule has 0 bridgehead atoms. The van der Waals surface area contributed by atoms with E-state index in [0.29, 0.717) is 29.4 Å². The molecule has 2 aliphatic rings. The molecule has 5 heteroatoms. The Labute approximate surface area is 162 Å². The Bertz CT molecular complexity index is 875. The standard InChI is InChI=1S/C23H22F4O/c1-2-13-3-9-17-15(11-13)6-10-18-19(17)12-20(24)21(22(18)25)14-4-7-16(8-5-14)28-23(26)27/h2,4-5,7-8,12-13,15,17,23H,1,3,6,9-11H2/t13-,15-,17+/m1/s1. The zero-order chi connectivity index (χ0) is 19.8. The van der Waals surface area contributed by atoms with E-state index in [0.717, 1.165) is 31.2 Å². The highest BCUT2D eigenvalue weighted by molar-refractivity contribution is 5.68. The fourth-order valence-electron chi connectivity index (χ4n) is 4.90. The maximum atomic E-state index is 15.3. The van der Waals surface area contributed by atoms with Crippen molar-refractivity contribution in [2.75, 3.05) is 0 Å². The summed E-state index contributed by atoms with van der Waals surface area (Å²) in [6, 6.07) is 6.90. The van der Waals surface area contributed by atoms with Crippen molar-refractivity contribution in [3.63, 3.8) is 0 Å². The molecule has 0 N–H and O–H groups in total. The van der Waals surface area contributed by atoms with Gasteiger partial charge in [0.1, 0.15) is 17.4 Å². The molecule has 0 unspecified atom stereocenters. The third-order valence-corrected chi connectivity index (χ3v) is 6.24. The first-order valence-corrected chi connectivity index (χ1v) is 9.66. The largest absolute Gasteiger partial charge is 0.435 e. The summed E-state index contributed by atoms with van der Waals surface area (Å²) in [5, 5.41) is 0. The van der Waals surface area contributed by atoms with Crippen LogP contribution < -0.4 is 4.74 Å². The minimum Gasteiger partial charge on any atom is -0.435 e. The SMILES string of the molecule is C=C[C@@H]1CC[C@@H]2c3cc(F)c(-c4ccc(OC(F)F)cc4)c(F)c3CC[C@@H]2C1. The first-order chi connectivity index (χ1) is 13.5. The van der Waals surface area contributed by atoms with Crippen molar-refractivity contribution in [3.8, 4) is 16.9 Å². The Morgan fingerprint density at radius 1 is 1.07 bits per heavy atom. The molecule has 0 radical (unpaired) electrons. The number of ether oxygens (including phenoxy) is 1. The Morgan fingerprint density at radius 2 is 1.82 bits per heavy atom. The predicted molar refractivity (Wildman–Crippen MR) is 101 cm³/mol. The molecule has 2 aromatic carbocycles. The predicted octanol–water partition coefficient (Wildman–Crippen LogP) is 6.87. The van der Waals surface area contributed by atoms with Gasteiger partial charge in [0.05, 0.1) is 5.56 Å². The van der Waals surface area contributed by atoms with Gasteiger partial charge < -0.3 is 4.74 Å². The van der Waals surface area contributed by atoms with Gasteiger partial charge >= 0.3 is 6.61 Å². The first kappa shape index (κ1) is 19.0. The molecule has 0 spiro atoms. The van der Waals surface area contributed by atoms with Crippen molar-refractivity contribution < 1.29 is 22.3 Å². The molecule has 28 heavy (non-hydrogen) atoms. The molecule has 0 heterocycles. The molecule has 1 nitrogen and oxygen atoms in total. The van der Waals surface area contributed by atoms with Crippen LogP contribution in [0.1, 0.15) is 42.7 Å².